The molecule has 10 heteroatoms. The van der Waals surface area contributed by atoms with Crippen molar-refractivity contribution in [3.63, 3.8) is 0 Å². The van der Waals surface area contributed by atoms with E-state index in [9.17, 15) is 13.2 Å². The van der Waals surface area contributed by atoms with Crippen molar-refractivity contribution in [2.45, 2.75) is 30.7 Å². The smallest absolute Gasteiger partial charge is 0.261 e. The monoisotopic (exact) mass is 477 g/mol. The lowest BCUT2D eigenvalue weighted by atomic mass is 10.3. The van der Waals surface area contributed by atoms with Crippen molar-refractivity contribution in [3.8, 4) is 0 Å². The average molecular weight is 478 g/mol. The summed E-state index contributed by atoms with van der Waals surface area (Å²) < 4.78 is 29.1. The Kier molecular flexibility index (Phi) is 4.52. The molecule has 8 nitrogen and oxygen atoms in total. The highest BCUT2D eigenvalue weighted by Crippen LogP contribution is 2.34. The fraction of sp³-hybridized carbons (Fsp3) is 0.368. The van der Waals surface area contributed by atoms with Crippen LogP contribution in [-0.2, 0) is 16.6 Å². The number of anilines is 2. The average Bonchev–Trinajstić information content (AvgIpc) is 3.37. The molecular weight excluding hydrogens is 458 g/mol. The van der Waals surface area contributed by atoms with Crippen LogP contribution in [-0.4, -0.2) is 40.6 Å². The number of benzene rings is 1. The Bertz CT molecular complexity index is 1240. The second-order valence-corrected chi connectivity index (χ2v) is 10.4. The van der Waals surface area contributed by atoms with Gasteiger partial charge in [0.05, 0.1) is 14.9 Å². The number of hydrogen-bond acceptors (Lipinski definition) is 5. The highest BCUT2D eigenvalue weighted by Gasteiger charge is 2.29. The third kappa shape index (κ3) is 3.38. The molecule has 0 amide bonds. The van der Waals surface area contributed by atoms with Crippen LogP contribution in [0.25, 0.3) is 10.9 Å². The first-order valence-corrected chi connectivity index (χ1v) is 11.8. The van der Waals surface area contributed by atoms with Gasteiger partial charge in [-0.2, -0.15) is 9.40 Å². The van der Waals surface area contributed by atoms with Crippen molar-refractivity contribution < 1.29 is 8.42 Å². The molecule has 1 aliphatic heterocycles. The molecule has 1 saturated carbocycles. The van der Waals surface area contributed by atoms with E-state index in [4.69, 9.17) is 0 Å². The molecule has 2 fully saturated rings. The summed E-state index contributed by atoms with van der Waals surface area (Å²) in [6, 6.07) is 6.56. The molecule has 0 atom stereocenters. The van der Waals surface area contributed by atoms with E-state index in [1.54, 1.807) is 30.5 Å². The van der Waals surface area contributed by atoms with Crippen LogP contribution in [0.5, 0.6) is 0 Å². The maximum Gasteiger partial charge on any atom is 0.261 e. The first kappa shape index (κ1) is 18.8. The predicted octanol–water partition coefficient (Wildman–Crippen LogP) is 3.04. The van der Waals surface area contributed by atoms with E-state index in [2.05, 4.69) is 31.3 Å². The van der Waals surface area contributed by atoms with Gasteiger partial charge in [-0.3, -0.25) is 9.48 Å². The summed E-state index contributed by atoms with van der Waals surface area (Å²) in [7, 11) is -3.42. The molecule has 5 rings (SSSR count). The summed E-state index contributed by atoms with van der Waals surface area (Å²) in [6.07, 6.45) is 4.89. The van der Waals surface area contributed by atoms with Gasteiger partial charge in [-0.05, 0) is 65.4 Å². The van der Waals surface area contributed by atoms with Gasteiger partial charge in [0.15, 0.2) is 5.82 Å². The Morgan fingerprint density at radius 2 is 1.93 bits per heavy atom. The summed E-state index contributed by atoms with van der Waals surface area (Å²) >= 11 is 3.52. The Morgan fingerprint density at radius 3 is 2.55 bits per heavy atom. The summed E-state index contributed by atoms with van der Waals surface area (Å²) in [5.74, 6) is 1.06. The fourth-order valence-corrected chi connectivity index (χ4v) is 5.51. The second kappa shape index (κ2) is 6.96. The molecule has 29 heavy (non-hydrogen) atoms. The second-order valence-electron chi connectivity index (χ2n) is 7.57. The lowest BCUT2D eigenvalue weighted by Crippen LogP contribution is -2.41. The van der Waals surface area contributed by atoms with Crippen LogP contribution in [0.4, 0.5) is 11.5 Å². The van der Waals surface area contributed by atoms with Gasteiger partial charge in [0.25, 0.3) is 5.56 Å². The number of nitrogens with zero attached hydrogens (tertiary/aromatic N) is 3. The SMILES string of the molecule is O=c1[nH]cc(Br)c2c1c(Nc1ccc(S(=O)(=O)N3CCC3)cc1)nn2CC1CC1. The summed E-state index contributed by atoms with van der Waals surface area (Å²) in [5.41, 5.74) is 1.22. The number of aromatic nitrogens is 3. The van der Waals surface area contributed by atoms with E-state index in [0.717, 1.165) is 23.0 Å². The Labute approximate surface area is 176 Å². The zero-order valence-corrected chi connectivity index (χ0v) is 18.0. The normalized spacial score (nSPS) is 17.4. The van der Waals surface area contributed by atoms with Crippen LogP contribution in [0.2, 0.25) is 0 Å². The summed E-state index contributed by atoms with van der Waals surface area (Å²) in [5, 5.41) is 8.30. The number of halogens is 1. The molecule has 1 aromatic carbocycles. The molecular formula is C19H20BrN5O3S. The maximum absolute atomic E-state index is 12.5. The number of rotatable bonds is 6. The predicted molar refractivity (Wildman–Crippen MR) is 114 cm³/mol. The van der Waals surface area contributed by atoms with Gasteiger partial charge in [-0.15, -0.1) is 0 Å². The summed E-state index contributed by atoms with van der Waals surface area (Å²) in [6.45, 7) is 1.92. The molecule has 2 N–H and O–H groups in total. The van der Waals surface area contributed by atoms with Gasteiger partial charge in [-0.25, -0.2) is 8.42 Å². The molecule has 1 saturated heterocycles. The van der Waals surface area contributed by atoms with Crippen molar-refractivity contribution >= 4 is 48.4 Å². The quantitative estimate of drug-likeness (QED) is 0.568. The zero-order chi connectivity index (χ0) is 20.2. The largest absolute Gasteiger partial charge is 0.338 e. The standard InChI is InChI=1S/C19H20BrN5O3S/c20-15-10-21-19(26)16-17(15)25(11-12-2-3-12)23-18(16)22-13-4-6-14(7-5-13)29(27,28)24-8-1-9-24/h4-7,10,12H,1-3,8-9,11H2,(H,21,26)(H,22,23). The maximum atomic E-state index is 12.5. The first-order valence-electron chi connectivity index (χ1n) is 9.58. The van der Waals surface area contributed by atoms with Crippen molar-refractivity contribution in [1.29, 1.82) is 0 Å². The molecule has 0 radical (unpaired) electrons. The number of H-pyrrole nitrogens is 1. The highest BCUT2D eigenvalue weighted by atomic mass is 79.9. The van der Waals surface area contributed by atoms with E-state index < -0.39 is 10.0 Å². The minimum Gasteiger partial charge on any atom is -0.338 e. The summed E-state index contributed by atoms with van der Waals surface area (Å²) in [4.78, 5) is 15.5. The number of fused-ring (bicyclic) bond motifs is 1. The number of hydrogen-bond donors (Lipinski definition) is 2. The van der Waals surface area contributed by atoms with Crippen LogP contribution in [0.15, 0.2) is 44.6 Å². The molecule has 152 valence electrons. The minimum atomic E-state index is -3.42. The van der Waals surface area contributed by atoms with Gasteiger partial charge < -0.3 is 10.3 Å². The number of nitrogens with one attached hydrogen (secondary N) is 2. The molecule has 3 heterocycles. The van der Waals surface area contributed by atoms with Crippen LogP contribution in [0.3, 0.4) is 0 Å². The number of aromatic amines is 1. The molecule has 2 aliphatic rings. The molecule has 0 unspecified atom stereocenters. The van der Waals surface area contributed by atoms with Gasteiger partial charge in [0.1, 0.15) is 5.39 Å². The Morgan fingerprint density at radius 1 is 1.21 bits per heavy atom. The van der Waals surface area contributed by atoms with Gasteiger partial charge in [0.2, 0.25) is 10.0 Å². The topological polar surface area (TPSA) is 100 Å². The zero-order valence-electron chi connectivity index (χ0n) is 15.6. The van der Waals surface area contributed by atoms with E-state index in [1.165, 1.54) is 17.1 Å². The van der Waals surface area contributed by atoms with Gasteiger partial charge >= 0.3 is 0 Å². The van der Waals surface area contributed by atoms with E-state index >= 15 is 0 Å². The van der Waals surface area contributed by atoms with Crippen molar-refractivity contribution in [2.75, 3.05) is 18.4 Å². The molecule has 0 spiro atoms. The fourth-order valence-electron chi connectivity index (χ4n) is 3.48. The van der Waals surface area contributed by atoms with E-state index in [1.807, 2.05) is 4.68 Å². The van der Waals surface area contributed by atoms with Crippen molar-refractivity contribution in [2.24, 2.45) is 5.92 Å². The molecule has 1 aliphatic carbocycles. The number of sulfonamides is 1. The lowest BCUT2D eigenvalue weighted by molar-refractivity contribution is 0.309. The minimum absolute atomic E-state index is 0.218. The molecule has 3 aromatic rings. The van der Waals surface area contributed by atoms with Crippen molar-refractivity contribution in [3.05, 3.63) is 45.3 Å². The van der Waals surface area contributed by atoms with Crippen LogP contribution < -0.4 is 10.9 Å². The highest BCUT2D eigenvalue weighted by molar-refractivity contribution is 9.10. The molecule has 0 bridgehead atoms. The first-order chi connectivity index (χ1) is 13.9. The van der Waals surface area contributed by atoms with E-state index in [0.29, 0.717) is 35.9 Å². The molecule has 2 aromatic heterocycles. The van der Waals surface area contributed by atoms with Crippen LogP contribution in [0, 0.1) is 5.92 Å². The lowest BCUT2D eigenvalue weighted by Gasteiger charge is -2.29. The van der Waals surface area contributed by atoms with Crippen LogP contribution in [0.1, 0.15) is 19.3 Å². The Balaban J connectivity index is 1.49. The van der Waals surface area contributed by atoms with E-state index in [-0.39, 0.29) is 10.5 Å². The van der Waals surface area contributed by atoms with Crippen molar-refractivity contribution in [1.82, 2.24) is 19.1 Å². The van der Waals surface area contributed by atoms with Gasteiger partial charge in [-0.1, -0.05) is 0 Å². The number of pyridine rings is 1. The van der Waals surface area contributed by atoms with Gasteiger partial charge in [0, 0.05) is 31.5 Å². The third-order valence-corrected chi connectivity index (χ3v) is 7.95. The Hall–Kier alpha value is -2.17. The third-order valence-electron chi connectivity index (χ3n) is 5.43. The van der Waals surface area contributed by atoms with Crippen LogP contribution >= 0.6 is 15.9 Å².